The van der Waals surface area contributed by atoms with Crippen LogP contribution in [0.4, 0.5) is 4.79 Å². The molecule has 0 radical (unpaired) electrons. The minimum atomic E-state index is -0.281. The average molecular weight is 228 g/mol. The molecule has 1 N–H and O–H groups in total. The van der Waals surface area contributed by atoms with Crippen LogP contribution < -0.4 is 0 Å². The molecule has 16 heavy (non-hydrogen) atoms. The number of likely N-dealkylation sites (tertiary alicyclic amines) is 1. The first-order valence-corrected chi connectivity index (χ1v) is 6.08. The third kappa shape index (κ3) is 2.65. The molecule has 5 nitrogen and oxygen atoms in total. The number of hydrogen-bond acceptors (Lipinski definition) is 4. The van der Waals surface area contributed by atoms with E-state index in [0.717, 1.165) is 19.6 Å². The Hall–Kier alpha value is -0.810. The number of rotatable bonds is 4. The molecule has 0 spiro atoms. The van der Waals surface area contributed by atoms with Gasteiger partial charge in [-0.25, -0.2) is 4.79 Å². The molecule has 1 atom stereocenters. The lowest BCUT2D eigenvalue weighted by atomic mass is 10.1. The Balaban J connectivity index is 1.77. The second-order valence-corrected chi connectivity index (χ2v) is 4.51. The molecule has 1 amide bonds. The maximum Gasteiger partial charge on any atom is 0.410 e. The summed E-state index contributed by atoms with van der Waals surface area (Å²) >= 11 is 0. The zero-order chi connectivity index (χ0) is 11.4. The molecule has 2 aliphatic rings. The van der Waals surface area contributed by atoms with E-state index in [9.17, 15) is 4.79 Å². The molecule has 2 heterocycles. The van der Waals surface area contributed by atoms with Gasteiger partial charge in [-0.05, 0) is 25.9 Å². The number of piperidine rings is 1. The van der Waals surface area contributed by atoms with E-state index < -0.39 is 0 Å². The summed E-state index contributed by atoms with van der Waals surface area (Å²) in [5.41, 5.74) is 0. The Morgan fingerprint density at radius 2 is 2.00 bits per heavy atom. The van der Waals surface area contributed by atoms with Crippen molar-refractivity contribution < 1.29 is 14.6 Å². The molecule has 92 valence electrons. The van der Waals surface area contributed by atoms with Gasteiger partial charge in [0.25, 0.3) is 0 Å². The van der Waals surface area contributed by atoms with Crippen molar-refractivity contribution in [2.75, 3.05) is 39.4 Å². The van der Waals surface area contributed by atoms with Crippen LogP contribution in [0.2, 0.25) is 0 Å². The first-order chi connectivity index (χ1) is 7.81. The molecule has 0 aliphatic carbocycles. The van der Waals surface area contributed by atoms with Crippen LogP contribution in [-0.2, 0) is 4.74 Å². The monoisotopic (exact) mass is 228 g/mol. The highest BCUT2D eigenvalue weighted by Crippen LogP contribution is 2.13. The van der Waals surface area contributed by atoms with Crippen molar-refractivity contribution in [1.29, 1.82) is 0 Å². The van der Waals surface area contributed by atoms with Crippen LogP contribution in [-0.4, -0.2) is 66.4 Å². The Morgan fingerprint density at radius 3 is 2.69 bits per heavy atom. The van der Waals surface area contributed by atoms with Crippen molar-refractivity contribution in [3.05, 3.63) is 0 Å². The number of nitrogens with zero attached hydrogens (tertiary/aromatic N) is 2. The van der Waals surface area contributed by atoms with E-state index in [-0.39, 0.29) is 18.7 Å². The van der Waals surface area contributed by atoms with Crippen molar-refractivity contribution in [3.8, 4) is 0 Å². The first kappa shape index (κ1) is 11.7. The van der Waals surface area contributed by atoms with E-state index in [4.69, 9.17) is 9.84 Å². The molecule has 2 saturated heterocycles. The second-order valence-electron chi connectivity index (χ2n) is 4.51. The van der Waals surface area contributed by atoms with E-state index in [1.165, 1.54) is 19.3 Å². The average Bonchev–Trinajstić information content (AvgIpc) is 2.69. The van der Waals surface area contributed by atoms with Gasteiger partial charge in [0.2, 0.25) is 0 Å². The molecule has 2 rings (SSSR count). The summed E-state index contributed by atoms with van der Waals surface area (Å²) < 4.78 is 4.92. The summed E-state index contributed by atoms with van der Waals surface area (Å²) in [5, 5.41) is 9.10. The van der Waals surface area contributed by atoms with Gasteiger partial charge in [-0.2, -0.15) is 0 Å². The van der Waals surface area contributed by atoms with E-state index >= 15 is 0 Å². The second kappa shape index (κ2) is 5.50. The van der Waals surface area contributed by atoms with Gasteiger partial charge >= 0.3 is 6.09 Å². The van der Waals surface area contributed by atoms with Crippen molar-refractivity contribution in [2.24, 2.45) is 0 Å². The van der Waals surface area contributed by atoms with Crippen molar-refractivity contribution in [3.63, 3.8) is 0 Å². The first-order valence-electron chi connectivity index (χ1n) is 6.08. The van der Waals surface area contributed by atoms with Gasteiger partial charge in [0.15, 0.2) is 0 Å². The van der Waals surface area contributed by atoms with Gasteiger partial charge < -0.3 is 14.7 Å². The fraction of sp³-hybridized carbons (Fsp3) is 0.909. The van der Waals surface area contributed by atoms with Gasteiger partial charge in [-0.3, -0.25) is 4.90 Å². The number of ether oxygens (including phenoxy) is 1. The fourth-order valence-corrected chi connectivity index (χ4v) is 2.35. The predicted molar refractivity (Wildman–Crippen MR) is 59.2 cm³/mol. The van der Waals surface area contributed by atoms with Gasteiger partial charge in [-0.1, -0.05) is 6.42 Å². The molecule has 2 aliphatic heterocycles. The van der Waals surface area contributed by atoms with Crippen molar-refractivity contribution in [2.45, 2.75) is 25.3 Å². The van der Waals surface area contributed by atoms with Crippen LogP contribution in [0, 0.1) is 0 Å². The molecule has 0 bridgehead atoms. The molecule has 0 aromatic rings. The molecule has 0 aromatic heterocycles. The predicted octanol–water partition coefficient (Wildman–Crippen LogP) is 0.285. The Morgan fingerprint density at radius 1 is 1.25 bits per heavy atom. The van der Waals surface area contributed by atoms with Gasteiger partial charge in [0, 0.05) is 13.1 Å². The molecular formula is C11H20N2O3. The van der Waals surface area contributed by atoms with Crippen LogP contribution in [0.25, 0.3) is 0 Å². The summed E-state index contributed by atoms with van der Waals surface area (Å²) in [6.07, 6.45) is 3.56. The minimum Gasteiger partial charge on any atom is -0.447 e. The lowest BCUT2D eigenvalue weighted by molar-refractivity contribution is 0.139. The van der Waals surface area contributed by atoms with Crippen LogP contribution >= 0.6 is 0 Å². The van der Waals surface area contributed by atoms with E-state index in [1.807, 2.05) is 0 Å². The maximum absolute atomic E-state index is 11.4. The minimum absolute atomic E-state index is 0.00819. The van der Waals surface area contributed by atoms with Gasteiger partial charge in [0.05, 0.1) is 12.6 Å². The van der Waals surface area contributed by atoms with E-state index in [0.29, 0.717) is 13.2 Å². The third-order valence-corrected chi connectivity index (χ3v) is 3.39. The topological polar surface area (TPSA) is 53.0 Å². The van der Waals surface area contributed by atoms with Crippen molar-refractivity contribution in [1.82, 2.24) is 9.80 Å². The zero-order valence-corrected chi connectivity index (χ0v) is 9.60. The number of carbonyl (C=O) groups excluding carboxylic acids is 1. The Kier molecular flexibility index (Phi) is 4.01. The number of aliphatic hydroxyl groups excluding tert-OH is 1. The van der Waals surface area contributed by atoms with Gasteiger partial charge in [-0.15, -0.1) is 0 Å². The van der Waals surface area contributed by atoms with Crippen LogP contribution in [0.3, 0.4) is 0 Å². The number of cyclic esters (lactones) is 1. The highest BCUT2D eigenvalue weighted by molar-refractivity contribution is 5.70. The summed E-state index contributed by atoms with van der Waals surface area (Å²) in [6, 6.07) is -0.141. The highest BCUT2D eigenvalue weighted by atomic mass is 16.6. The lowest BCUT2D eigenvalue weighted by Crippen LogP contribution is -2.42. The highest BCUT2D eigenvalue weighted by Gasteiger charge is 2.32. The normalized spacial score (nSPS) is 27.2. The molecule has 1 unspecified atom stereocenters. The molecular weight excluding hydrogens is 208 g/mol. The summed E-state index contributed by atoms with van der Waals surface area (Å²) in [7, 11) is 0. The number of amides is 1. The SMILES string of the molecule is O=C1OCC(CO)N1CCN1CCCCC1. The van der Waals surface area contributed by atoms with Crippen LogP contribution in [0.5, 0.6) is 0 Å². The standard InChI is InChI=1S/C11H20N2O3/c14-8-10-9-16-11(15)13(10)7-6-12-4-2-1-3-5-12/h10,14H,1-9H2. The number of carbonyl (C=O) groups is 1. The third-order valence-electron chi connectivity index (χ3n) is 3.39. The summed E-state index contributed by atoms with van der Waals surface area (Å²) in [5.74, 6) is 0. The fourth-order valence-electron chi connectivity index (χ4n) is 2.35. The lowest BCUT2D eigenvalue weighted by Gasteiger charge is -2.29. The Labute approximate surface area is 96.0 Å². The largest absolute Gasteiger partial charge is 0.447 e. The molecule has 5 heteroatoms. The van der Waals surface area contributed by atoms with Gasteiger partial charge in [0.1, 0.15) is 6.61 Å². The molecule has 0 saturated carbocycles. The Bertz CT molecular complexity index is 241. The van der Waals surface area contributed by atoms with Crippen LogP contribution in [0.15, 0.2) is 0 Å². The smallest absolute Gasteiger partial charge is 0.410 e. The van der Waals surface area contributed by atoms with Crippen LogP contribution in [0.1, 0.15) is 19.3 Å². The number of aliphatic hydroxyl groups is 1. The molecule has 2 fully saturated rings. The summed E-state index contributed by atoms with van der Waals surface area (Å²) in [4.78, 5) is 15.4. The van der Waals surface area contributed by atoms with E-state index in [2.05, 4.69) is 4.90 Å². The quantitative estimate of drug-likeness (QED) is 0.751. The maximum atomic E-state index is 11.4. The zero-order valence-electron chi connectivity index (χ0n) is 9.60. The van der Waals surface area contributed by atoms with Crippen molar-refractivity contribution >= 4 is 6.09 Å². The molecule has 0 aromatic carbocycles. The summed E-state index contributed by atoms with van der Waals surface area (Å²) in [6.45, 7) is 4.15. The van der Waals surface area contributed by atoms with E-state index in [1.54, 1.807) is 4.90 Å². The number of hydrogen-bond donors (Lipinski definition) is 1.